The van der Waals surface area contributed by atoms with E-state index in [9.17, 15) is 116 Å². The molecule has 0 aromatic carbocycles. The van der Waals surface area contributed by atoms with Crippen LogP contribution in [-0.4, -0.2) is 279 Å². The molecule has 2 fully saturated rings. The zero-order valence-electron chi connectivity index (χ0n) is 60.4. The van der Waals surface area contributed by atoms with Crippen molar-refractivity contribution in [2.45, 2.75) is 194 Å². The van der Waals surface area contributed by atoms with E-state index in [0.717, 1.165) is 52.7 Å². The Morgan fingerprint density at radius 2 is 0.864 bits per heavy atom. The summed E-state index contributed by atoms with van der Waals surface area (Å²) in [6.45, 7) is -4.73. The molecule has 0 radical (unpaired) electrons. The van der Waals surface area contributed by atoms with E-state index in [-0.39, 0.29) is 120 Å². The molecular formula is C67H98N18O24S. The van der Waals surface area contributed by atoms with Gasteiger partial charge in [0.2, 0.25) is 76.8 Å². The molecule has 8 unspecified atom stereocenters. The lowest BCUT2D eigenvalue weighted by Gasteiger charge is -2.25. The molecule has 4 aliphatic rings. The summed E-state index contributed by atoms with van der Waals surface area (Å²) in [7, 11) is 0. The summed E-state index contributed by atoms with van der Waals surface area (Å²) in [4.78, 5) is 257. The number of nitrogens with zero attached hydrogens (tertiary/aromatic N) is 2. The van der Waals surface area contributed by atoms with Gasteiger partial charge in [0.1, 0.15) is 48.3 Å². The molecule has 0 spiro atoms. The first-order valence-corrected chi connectivity index (χ1v) is 36.8. The minimum atomic E-state index is -1.87. The quantitative estimate of drug-likeness (QED) is 0.0116. The average Bonchev–Trinajstić information content (AvgIpc) is 1.66. The Hall–Kier alpha value is -11.1. The number of aliphatic carboxylic acids is 2. The lowest BCUT2D eigenvalue weighted by Crippen LogP contribution is -2.59. The molecule has 0 aliphatic carbocycles. The van der Waals surface area contributed by atoms with E-state index in [1.165, 1.54) is 0 Å². The number of carboxylic acids is 2. The number of carbonyl (C=O) groups is 20. The zero-order chi connectivity index (χ0) is 81.4. The van der Waals surface area contributed by atoms with Crippen molar-refractivity contribution < 1.29 is 116 Å². The summed E-state index contributed by atoms with van der Waals surface area (Å²) in [5.74, 6) is -14.9. The highest BCUT2D eigenvalue weighted by atomic mass is 32.2. The molecule has 4 heterocycles. The average molecular weight is 1570 g/mol. The van der Waals surface area contributed by atoms with Crippen molar-refractivity contribution in [1.82, 2.24) is 84.2 Å². The largest absolute Gasteiger partial charge is 0.481 e. The van der Waals surface area contributed by atoms with Gasteiger partial charge in [-0.3, -0.25) is 101 Å². The van der Waals surface area contributed by atoms with Crippen LogP contribution in [0.25, 0.3) is 0 Å². The van der Waals surface area contributed by atoms with Crippen molar-refractivity contribution >= 4 is 130 Å². The summed E-state index contributed by atoms with van der Waals surface area (Å²) in [5, 5.41) is 73.9. The van der Waals surface area contributed by atoms with E-state index in [2.05, 4.69) is 80.4 Å². The van der Waals surface area contributed by atoms with Crippen LogP contribution >= 0.6 is 11.8 Å². The number of carboxylic acid groups (broad SMARTS) is 2. The molecule has 22 N–H and O–H groups in total. The van der Waals surface area contributed by atoms with Crippen LogP contribution < -0.4 is 85.9 Å². The number of primary amides is 1. The number of fused-ring (bicyclic) bond motifs is 1. The van der Waals surface area contributed by atoms with Crippen LogP contribution in [0.3, 0.4) is 0 Å². The highest BCUT2D eigenvalue weighted by Gasteiger charge is 2.43. The fraction of sp³-hybridized carbons (Fsp3) is 0.612. The van der Waals surface area contributed by atoms with Crippen LogP contribution in [0, 0.1) is 12.3 Å². The number of aliphatic hydroxyl groups excluding tert-OH is 2. The van der Waals surface area contributed by atoms with Gasteiger partial charge in [-0.2, -0.15) is 11.8 Å². The number of carbonyl (C=O) groups excluding carboxylic acids is 18. The van der Waals surface area contributed by atoms with Crippen molar-refractivity contribution in [3.8, 4) is 12.3 Å². The fourth-order valence-corrected chi connectivity index (χ4v) is 12.9. The van der Waals surface area contributed by atoms with Crippen LogP contribution in [-0.2, 0) is 91.1 Å². The van der Waals surface area contributed by atoms with Crippen LogP contribution in [0.4, 0.5) is 4.79 Å². The van der Waals surface area contributed by atoms with E-state index < -0.39 is 226 Å². The Morgan fingerprint density at radius 1 is 0.464 bits per heavy atom. The summed E-state index contributed by atoms with van der Waals surface area (Å²) in [6.07, 6.45) is 8.60. The van der Waals surface area contributed by atoms with Gasteiger partial charge in [0.05, 0.1) is 38.4 Å². The number of nitrogens with one attached hydrogen (secondary N) is 14. The van der Waals surface area contributed by atoms with E-state index in [1.54, 1.807) is 11.8 Å². The number of urea groups is 1. The second kappa shape index (κ2) is 48.3. The van der Waals surface area contributed by atoms with Crippen LogP contribution in [0.15, 0.2) is 24.3 Å². The van der Waals surface area contributed by atoms with Gasteiger partial charge in [-0.15, -0.1) is 12.3 Å². The summed E-state index contributed by atoms with van der Waals surface area (Å²) in [5.41, 5.74) is 11.1. The van der Waals surface area contributed by atoms with Crippen molar-refractivity contribution in [3.63, 3.8) is 0 Å². The van der Waals surface area contributed by atoms with Crippen molar-refractivity contribution in [3.05, 3.63) is 24.3 Å². The normalized spacial score (nSPS) is 17.5. The first-order valence-electron chi connectivity index (χ1n) is 35.7. The standard InChI is InChI=1S/C67H98N18O24S/c1-2-11-37(59(69)101)78-63(105)39(14-6-9-28-70-47(88)16-4-3-15-46-58-45(36-110-46)82-67(109)83-58)76-50(91)32-73-62(104)43(34-86)81-64(106)40(12-5-8-27-68)80-66(108)44(35-87)77-51(92)33-72-61(103)38(79-65(107)42(18-24-57(99)100)75-49(90)26-31-85-54(95)21-22-55(85)96)13-7-10-29-71-60(102)41(17-23-56(97)98)74-48(89)25-30-84-52(93)19-20-53(84)94/h1,19-22,37-46,58,86-87H,3-18,23-36,68H2,(H2,69,101)(H,70,88)(H,71,102)(H,72,103)(H,73,104)(H,74,89)(H,75,90)(H,76,91)(H,77,92)(H,78,105)(H,79,107)(H,80,108)(H,81,106)(H,97,98)(H,99,100)(H2,82,83,109)/t37?,38?,39?,40?,41?,42?,43?,44?,45-,46-,58-/m1/s1. The number of amides is 19. The van der Waals surface area contributed by atoms with Gasteiger partial charge in [0, 0.05) is 100 Å². The van der Waals surface area contributed by atoms with Gasteiger partial charge in [-0.25, -0.2) is 4.79 Å². The number of terminal acetylenes is 1. The van der Waals surface area contributed by atoms with E-state index in [0.29, 0.717) is 12.8 Å². The highest BCUT2D eigenvalue weighted by molar-refractivity contribution is 8.00. The second-order valence-corrected chi connectivity index (χ2v) is 27.1. The van der Waals surface area contributed by atoms with Gasteiger partial charge in [0.25, 0.3) is 23.6 Å². The van der Waals surface area contributed by atoms with Crippen molar-refractivity contribution in [2.24, 2.45) is 11.5 Å². The predicted molar refractivity (Wildman–Crippen MR) is 384 cm³/mol. The van der Waals surface area contributed by atoms with Crippen LogP contribution in [0.5, 0.6) is 0 Å². The van der Waals surface area contributed by atoms with E-state index in [4.69, 9.17) is 17.9 Å². The summed E-state index contributed by atoms with van der Waals surface area (Å²) < 4.78 is 0. The number of imide groups is 2. The number of rotatable bonds is 54. The topological polar surface area (TPSA) is 649 Å². The lowest BCUT2D eigenvalue weighted by molar-refractivity contribution is -0.140. The van der Waals surface area contributed by atoms with Gasteiger partial charge in [-0.05, 0) is 90.0 Å². The SMILES string of the molecule is C#CCC(NC(=O)C(CCCCNC(=O)CCCC[C@H]1SC[C@H]2NC(=O)N[C@H]21)NC(=O)CNC(=O)C(CO)NC(=O)C(CCCCN)NC(=O)C(CO)NC(=O)CNC(=O)C(CCCCNC(=O)C(CCC(=O)O)NC(=O)CCN1C(=O)C=CC1=O)NC(=O)C(CCC(=O)O)NC(=O)CCN1C(=O)C=CC1=O)C(N)=O. The monoisotopic (exact) mass is 1570 g/mol. The molecule has 11 atom stereocenters. The summed E-state index contributed by atoms with van der Waals surface area (Å²) >= 11 is 1.77. The summed E-state index contributed by atoms with van der Waals surface area (Å²) in [6, 6.07) is -12.7. The van der Waals surface area contributed by atoms with Crippen molar-refractivity contribution in [1.29, 1.82) is 0 Å². The van der Waals surface area contributed by atoms with E-state index in [1.807, 2.05) is 0 Å². The molecule has 42 nitrogen and oxygen atoms in total. The maximum absolute atomic E-state index is 14.0. The minimum absolute atomic E-state index is 0.00800. The number of nitrogens with two attached hydrogens (primary N) is 2. The Bertz CT molecular complexity index is 3440. The number of hydrogen-bond donors (Lipinski definition) is 20. The third-order valence-electron chi connectivity index (χ3n) is 17.4. The molecule has 4 aliphatic heterocycles. The molecule has 19 amide bonds. The molecular weight excluding hydrogens is 1470 g/mol. The van der Waals surface area contributed by atoms with Crippen LogP contribution in [0.2, 0.25) is 0 Å². The molecule has 0 aromatic heterocycles. The molecule has 4 rings (SSSR count). The Balaban J connectivity index is 1.37. The Kier molecular flexibility index (Phi) is 40.1. The first-order chi connectivity index (χ1) is 52.4. The third kappa shape index (κ3) is 32.8. The number of aliphatic hydroxyl groups is 2. The predicted octanol–water partition coefficient (Wildman–Crippen LogP) is -8.62. The van der Waals surface area contributed by atoms with Gasteiger partial charge >= 0.3 is 18.0 Å². The molecule has 606 valence electrons. The Morgan fingerprint density at radius 3 is 1.35 bits per heavy atom. The third-order valence-corrected chi connectivity index (χ3v) is 18.9. The van der Waals surface area contributed by atoms with Gasteiger partial charge < -0.3 is 106 Å². The number of unbranched alkanes of at least 4 members (excludes halogenated alkanes) is 4. The van der Waals surface area contributed by atoms with Crippen molar-refractivity contribution in [2.75, 3.05) is 64.8 Å². The van der Waals surface area contributed by atoms with Gasteiger partial charge in [0.15, 0.2) is 0 Å². The Labute approximate surface area is 635 Å². The smallest absolute Gasteiger partial charge is 0.315 e. The minimum Gasteiger partial charge on any atom is -0.481 e. The molecule has 2 saturated heterocycles. The maximum atomic E-state index is 14.0. The van der Waals surface area contributed by atoms with Crippen LogP contribution in [0.1, 0.15) is 128 Å². The highest BCUT2D eigenvalue weighted by Crippen LogP contribution is 2.33. The maximum Gasteiger partial charge on any atom is 0.315 e. The molecule has 110 heavy (non-hydrogen) atoms. The molecule has 0 saturated carbocycles. The molecule has 0 bridgehead atoms. The lowest BCUT2D eigenvalue weighted by atomic mass is 10.0. The second-order valence-electron chi connectivity index (χ2n) is 25.8. The zero-order valence-corrected chi connectivity index (χ0v) is 61.2. The fourth-order valence-electron chi connectivity index (χ4n) is 11.4. The molecule has 43 heteroatoms. The number of thioether (sulfide) groups is 1. The number of hydrogen-bond acceptors (Lipinski definition) is 24. The van der Waals surface area contributed by atoms with E-state index >= 15 is 0 Å². The molecule has 0 aromatic rings. The van der Waals surface area contributed by atoms with Gasteiger partial charge in [-0.1, -0.05) is 6.42 Å². The first kappa shape index (κ1) is 91.3.